The van der Waals surface area contributed by atoms with Gasteiger partial charge in [-0.2, -0.15) is 0 Å². The summed E-state index contributed by atoms with van der Waals surface area (Å²) in [5.74, 6) is -0.588. The molecule has 0 spiro atoms. The number of aryl methyl sites for hydroxylation is 1. The molecule has 0 aliphatic carbocycles. The van der Waals surface area contributed by atoms with Crippen molar-refractivity contribution in [3.8, 4) is 0 Å². The third-order valence-electron chi connectivity index (χ3n) is 6.36. The second kappa shape index (κ2) is 8.70. The fourth-order valence-electron chi connectivity index (χ4n) is 4.65. The van der Waals surface area contributed by atoms with Crippen LogP contribution in [-0.2, 0) is 20.1 Å². The van der Waals surface area contributed by atoms with Gasteiger partial charge in [0.15, 0.2) is 5.69 Å². The molecule has 0 amide bonds. The molecule has 3 heterocycles. The van der Waals surface area contributed by atoms with Gasteiger partial charge in [0.2, 0.25) is 5.95 Å². The maximum absolute atomic E-state index is 13.4. The Hall–Kier alpha value is -3.91. The van der Waals surface area contributed by atoms with Crippen LogP contribution in [-0.4, -0.2) is 25.6 Å². The zero-order chi connectivity index (χ0) is 24.9. The van der Waals surface area contributed by atoms with Gasteiger partial charge in [-0.25, -0.2) is 14.8 Å². The van der Waals surface area contributed by atoms with Crippen molar-refractivity contribution in [3.63, 3.8) is 0 Å². The van der Waals surface area contributed by atoms with Gasteiger partial charge in [-0.05, 0) is 48.7 Å². The van der Waals surface area contributed by atoms with Crippen LogP contribution >= 0.6 is 11.6 Å². The number of pyridine rings is 1. The van der Waals surface area contributed by atoms with Crippen LogP contribution in [0.3, 0.4) is 0 Å². The third-order valence-corrected chi connectivity index (χ3v) is 6.57. The molecule has 1 unspecified atom stereocenters. The third kappa shape index (κ3) is 4.10. The lowest BCUT2D eigenvalue weighted by molar-refractivity contribution is 0.0691. The van der Waals surface area contributed by atoms with Gasteiger partial charge in [-0.3, -0.25) is 9.36 Å². The average Bonchev–Trinajstić information content (AvgIpc) is 3.26. The van der Waals surface area contributed by atoms with Gasteiger partial charge in [-0.1, -0.05) is 41.9 Å². The van der Waals surface area contributed by atoms with Crippen molar-refractivity contribution >= 4 is 40.1 Å². The van der Waals surface area contributed by atoms with Crippen molar-refractivity contribution in [2.75, 3.05) is 10.2 Å². The minimum Gasteiger partial charge on any atom is -0.476 e. The molecule has 9 heteroatoms. The Bertz CT molecular complexity index is 1520. The first-order valence-electron chi connectivity index (χ1n) is 11.2. The number of hydrogen-bond donors (Lipinski definition) is 2. The number of carbonyl (C=O) groups is 1. The normalized spacial score (nSPS) is 13.7. The van der Waals surface area contributed by atoms with E-state index >= 15 is 0 Å². The molecule has 2 aromatic heterocycles. The summed E-state index contributed by atoms with van der Waals surface area (Å²) in [4.78, 5) is 36.1. The molecule has 1 aliphatic rings. The van der Waals surface area contributed by atoms with Crippen molar-refractivity contribution in [2.45, 2.75) is 33.0 Å². The fraction of sp³-hybridized carbons (Fsp3) is 0.231. The number of anilines is 2. The van der Waals surface area contributed by atoms with E-state index in [4.69, 9.17) is 16.6 Å². The molecule has 8 nitrogen and oxygen atoms in total. The summed E-state index contributed by atoms with van der Waals surface area (Å²) in [7, 11) is 1.75. The highest BCUT2D eigenvalue weighted by Gasteiger charge is 2.25. The van der Waals surface area contributed by atoms with E-state index in [1.54, 1.807) is 17.7 Å². The first kappa shape index (κ1) is 22.9. The van der Waals surface area contributed by atoms with Crippen LogP contribution in [0.25, 0.3) is 10.9 Å². The van der Waals surface area contributed by atoms with Gasteiger partial charge in [0.25, 0.3) is 5.56 Å². The van der Waals surface area contributed by atoms with E-state index in [1.165, 1.54) is 17.2 Å². The Kier molecular flexibility index (Phi) is 5.68. The summed E-state index contributed by atoms with van der Waals surface area (Å²) in [5.41, 5.74) is 4.77. The number of rotatable bonds is 5. The zero-order valence-corrected chi connectivity index (χ0v) is 20.3. The van der Waals surface area contributed by atoms with Crippen molar-refractivity contribution in [2.24, 2.45) is 7.05 Å². The van der Waals surface area contributed by atoms with E-state index in [0.717, 1.165) is 11.1 Å². The van der Waals surface area contributed by atoms with E-state index in [1.807, 2.05) is 38.1 Å². The van der Waals surface area contributed by atoms with Gasteiger partial charge in [-0.15, -0.1) is 0 Å². The second-order valence-electron chi connectivity index (χ2n) is 8.85. The van der Waals surface area contributed by atoms with E-state index in [-0.39, 0.29) is 22.4 Å². The van der Waals surface area contributed by atoms with Crippen LogP contribution in [0, 0.1) is 6.92 Å². The minimum absolute atomic E-state index is 0.100. The maximum Gasteiger partial charge on any atom is 0.356 e. The van der Waals surface area contributed by atoms with Crippen LogP contribution in [0.4, 0.5) is 11.6 Å². The molecule has 0 fully saturated rings. The van der Waals surface area contributed by atoms with E-state index < -0.39 is 5.97 Å². The number of carboxylic acids is 1. The smallest absolute Gasteiger partial charge is 0.356 e. The average molecular weight is 490 g/mol. The molecule has 0 saturated heterocycles. The number of hydrogen-bond acceptors (Lipinski definition) is 6. The van der Waals surface area contributed by atoms with Gasteiger partial charge in [0.1, 0.15) is 5.15 Å². The molecule has 1 atom stereocenters. The fourth-order valence-corrected chi connectivity index (χ4v) is 4.80. The number of halogens is 1. The van der Waals surface area contributed by atoms with E-state index in [0.29, 0.717) is 35.6 Å². The second-order valence-corrected chi connectivity index (χ2v) is 9.24. The van der Waals surface area contributed by atoms with Gasteiger partial charge in [0.05, 0.1) is 22.6 Å². The number of aromatic nitrogens is 3. The predicted octanol–water partition coefficient (Wildman–Crippen LogP) is 4.68. The lowest BCUT2D eigenvalue weighted by Crippen LogP contribution is -2.28. The lowest BCUT2D eigenvalue weighted by Gasteiger charge is -2.23. The standard InChI is InChI=1S/C26H24ClN5O3/c1-14-10-18(15(2)28-20-8-9-21(27)29-23(20)25(34)35)22-19(11-14)24(33)31(3)26(30-22)32-12-16-6-4-5-7-17(16)13-32/h4-11,15,28H,12-13H2,1-3H3,(H,34,35). The molecule has 178 valence electrons. The topological polar surface area (TPSA) is 100 Å². The lowest BCUT2D eigenvalue weighted by atomic mass is 10.0. The Morgan fingerprint density at radius 3 is 2.46 bits per heavy atom. The summed E-state index contributed by atoms with van der Waals surface area (Å²) in [6.07, 6.45) is 0. The molecule has 4 aromatic rings. The molecule has 35 heavy (non-hydrogen) atoms. The molecule has 0 radical (unpaired) electrons. The largest absolute Gasteiger partial charge is 0.476 e. The number of fused-ring (bicyclic) bond motifs is 2. The number of carboxylic acid groups (broad SMARTS) is 1. The van der Waals surface area contributed by atoms with Crippen molar-refractivity contribution < 1.29 is 9.90 Å². The van der Waals surface area contributed by atoms with Gasteiger partial charge < -0.3 is 15.3 Å². The van der Waals surface area contributed by atoms with Crippen LogP contribution in [0.2, 0.25) is 5.15 Å². The van der Waals surface area contributed by atoms with Crippen LogP contribution in [0.1, 0.15) is 45.7 Å². The Balaban J connectivity index is 1.60. The monoisotopic (exact) mass is 489 g/mol. The summed E-state index contributed by atoms with van der Waals surface area (Å²) >= 11 is 5.90. The van der Waals surface area contributed by atoms with Crippen molar-refractivity contribution in [1.82, 2.24) is 14.5 Å². The SMILES string of the molecule is Cc1cc(C(C)Nc2ccc(Cl)nc2C(=O)O)c2nc(N3Cc4ccccc4C3)n(C)c(=O)c2c1. The highest BCUT2D eigenvalue weighted by Crippen LogP contribution is 2.31. The first-order valence-corrected chi connectivity index (χ1v) is 11.6. The maximum atomic E-state index is 13.4. The molecular weight excluding hydrogens is 466 g/mol. The molecule has 5 rings (SSSR count). The molecular formula is C26H24ClN5O3. The molecule has 2 N–H and O–H groups in total. The predicted molar refractivity (Wildman–Crippen MR) is 136 cm³/mol. The van der Waals surface area contributed by atoms with Crippen molar-refractivity contribution in [3.05, 3.63) is 92.0 Å². The van der Waals surface area contributed by atoms with Crippen molar-refractivity contribution in [1.29, 1.82) is 0 Å². The number of nitrogens with one attached hydrogen (secondary N) is 1. The molecule has 1 aliphatic heterocycles. The summed E-state index contributed by atoms with van der Waals surface area (Å²) < 4.78 is 1.60. The highest BCUT2D eigenvalue weighted by atomic mass is 35.5. The molecule has 0 bridgehead atoms. The van der Waals surface area contributed by atoms with Crippen LogP contribution in [0.15, 0.2) is 53.3 Å². The summed E-state index contributed by atoms with van der Waals surface area (Å²) in [6.45, 7) is 5.18. The van der Waals surface area contributed by atoms with Gasteiger partial charge >= 0.3 is 5.97 Å². The Labute approximate surface area is 206 Å². The first-order chi connectivity index (χ1) is 16.7. The molecule has 2 aromatic carbocycles. The number of nitrogens with zero attached hydrogens (tertiary/aromatic N) is 4. The zero-order valence-electron chi connectivity index (χ0n) is 19.5. The highest BCUT2D eigenvalue weighted by molar-refractivity contribution is 6.29. The molecule has 0 saturated carbocycles. The quantitative estimate of drug-likeness (QED) is 0.392. The minimum atomic E-state index is -1.18. The summed E-state index contributed by atoms with van der Waals surface area (Å²) in [5, 5.41) is 13.4. The van der Waals surface area contributed by atoms with Crippen LogP contribution < -0.4 is 15.8 Å². The summed E-state index contributed by atoms with van der Waals surface area (Å²) in [6, 6.07) is 14.8. The number of aromatic carboxylic acids is 1. The Morgan fingerprint density at radius 1 is 1.11 bits per heavy atom. The van der Waals surface area contributed by atoms with Gasteiger partial charge in [0, 0.05) is 25.7 Å². The number of benzene rings is 2. The van der Waals surface area contributed by atoms with E-state index in [2.05, 4.69) is 27.3 Å². The van der Waals surface area contributed by atoms with E-state index in [9.17, 15) is 14.7 Å². The van der Waals surface area contributed by atoms with Crippen LogP contribution in [0.5, 0.6) is 0 Å². The Morgan fingerprint density at radius 2 is 1.80 bits per heavy atom.